The average molecular weight is 378 g/mol. The first-order valence-electron chi connectivity index (χ1n) is 8.56. The monoisotopic (exact) mass is 378 g/mol. The van der Waals surface area contributed by atoms with Crippen LogP contribution in [0, 0.1) is 20.8 Å². The second-order valence-corrected chi connectivity index (χ2v) is 7.50. The molecule has 1 aromatic carbocycles. The zero-order valence-corrected chi connectivity index (χ0v) is 16.1. The van der Waals surface area contributed by atoms with E-state index in [1.54, 1.807) is 24.3 Å². The molecule has 0 bridgehead atoms. The number of hydrogen-bond donors (Lipinski definition) is 0. The van der Waals surface area contributed by atoms with E-state index >= 15 is 0 Å². The second-order valence-electron chi connectivity index (χ2n) is 6.55. The molecular formula is C21H18N2O3S. The number of carbonyl (C=O) groups is 1. The highest BCUT2D eigenvalue weighted by molar-refractivity contribution is 7.13. The van der Waals surface area contributed by atoms with E-state index in [9.17, 15) is 4.79 Å². The van der Waals surface area contributed by atoms with E-state index in [2.05, 4.69) is 16.2 Å². The summed E-state index contributed by atoms with van der Waals surface area (Å²) >= 11 is 1.55. The van der Waals surface area contributed by atoms with Crippen molar-refractivity contribution in [1.29, 1.82) is 0 Å². The lowest BCUT2D eigenvalue weighted by Gasteiger charge is -2.09. The van der Waals surface area contributed by atoms with E-state index in [0.29, 0.717) is 28.1 Å². The van der Waals surface area contributed by atoms with Gasteiger partial charge in [0.15, 0.2) is 0 Å². The van der Waals surface area contributed by atoms with E-state index < -0.39 is 5.97 Å². The Kier molecular flexibility index (Phi) is 4.49. The number of carbonyl (C=O) groups excluding carboxylic acids is 1. The maximum atomic E-state index is 12.9. The number of esters is 1. The van der Waals surface area contributed by atoms with Crippen molar-refractivity contribution >= 4 is 28.4 Å². The SMILES string of the molecule is Cc1cc(C)cc(COC(=O)c2cc(-c3cccs3)nc3onc(C)c23)c1. The molecule has 0 unspecified atom stereocenters. The van der Waals surface area contributed by atoms with Gasteiger partial charge in [0.05, 0.1) is 27.2 Å². The predicted octanol–water partition coefficient (Wildman–Crippen LogP) is 5.23. The summed E-state index contributed by atoms with van der Waals surface area (Å²) in [5.41, 5.74) is 5.31. The van der Waals surface area contributed by atoms with Crippen molar-refractivity contribution in [2.45, 2.75) is 27.4 Å². The molecule has 27 heavy (non-hydrogen) atoms. The van der Waals surface area contributed by atoms with Gasteiger partial charge in [-0.1, -0.05) is 40.5 Å². The molecule has 0 spiro atoms. The fourth-order valence-electron chi connectivity index (χ4n) is 3.19. The Morgan fingerprint density at radius 3 is 2.63 bits per heavy atom. The summed E-state index contributed by atoms with van der Waals surface area (Å²) in [6.45, 7) is 6.06. The molecule has 3 heterocycles. The molecule has 0 N–H and O–H groups in total. The summed E-state index contributed by atoms with van der Waals surface area (Å²) in [7, 11) is 0. The Hall–Kier alpha value is -2.99. The van der Waals surface area contributed by atoms with Crippen molar-refractivity contribution in [3.05, 3.63) is 69.7 Å². The lowest BCUT2D eigenvalue weighted by Crippen LogP contribution is -2.07. The Balaban J connectivity index is 1.69. The molecule has 0 saturated carbocycles. The Morgan fingerprint density at radius 1 is 1.15 bits per heavy atom. The molecule has 0 amide bonds. The summed E-state index contributed by atoms with van der Waals surface area (Å²) in [6.07, 6.45) is 0. The Labute approximate surface area is 160 Å². The van der Waals surface area contributed by atoms with Gasteiger partial charge in [-0.15, -0.1) is 11.3 Å². The summed E-state index contributed by atoms with van der Waals surface area (Å²) in [4.78, 5) is 18.3. The van der Waals surface area contributed by atoms with Gasteiger partial charge in [-0.05, 0) is 43.8 Å². The molecule has 0 aliphatic rings. The lowest BCUT2D eigenvalue weighted by atomic mass is 10.1. The van der Waals surface area contributed by atoms with Crippen LogP contribution < -0.4 is 0 Å². The van der Waals surface area contributed by atoms with E-state index in [-0.39, 0.29) is 6.61 Å². The number of nitrogens with zero attached hydrogens (tertiary/aromatic N) is 2. The molecule has 0 aliphatic carbocycles. The van der Waals surface area contributed by atoms with Gasteiger partial charge in [-0.25, -0.2) is 9.78 Å². The van der Waals surface area contributed by atoms with Crippen LogP contribution in [0.5, 0.6) is 0 Å². The molecule has 4 aromatic rings. The molecule has 4 rings (SSSR count). The number of aromatic nitrogens is 2. The summed E-state index contributed by atoms with van der Waals surface area (Å²) in [5, 5.41) is 6.52. The van der Waals surface area contributed by atoms with Gasteiger partial charge in [0.1, 0.15) is 6.61 Å². The minimum Gasteiger partial charge on any atom is -0.457 e. The van der Waals surface area contributed by atoms with E-state index in [4.69, 9.17) is 9.26 Å². The lowest BCUT2D eigenvalue weighted by molar-refractivity contribution is 0.0475. The molecule has 0 radical (unpaired) electrons. The van der Waals surface area contributed by atoms with Gasteiger partial charge < -0.3 is 9.26 Å². The number of hydrogen-bond acceptors (Lipinski definition) is 6. The highest BCUT2D eigenvalue weighted by atomic mass is 32.1. The maximum absolute atomic E-state index is 12.9. The van der Waals surface area contributed by atoms with Crippen LogP contribution in [0.4, 0.5) is 0 Å². The molecule has 3 aromatic heterocycles. The average Bonchev–Trinajstić information content (AvgIpc) is 3.28. The smallest absolute Gasteiger partial charge is 0.339 e. The number of fused-ring (bicyclic) bond motifs is 1. The van der Waals surface area contributed by atoms with Gasteiger partial charge in [0, 0.05) is 0 Å². The van der Waals surface area contributed by atoms with Crippen LogP contribution in [-0.2, 0) is 11.3 Å². The largest absolute Gasteiger partial charge is 0.457 e. The number of ether oxygens (including phenoxy) is 1. The van der Waals surface area contributed by atoms with Crippen molar-refractivity contribution in [3.8, 4) is 10.6 Å². The minimum atomic E-state index is -0.411. The fraction of sp³-hybridized carbons (Fsp3) is 0.190. The highest BCUT2D eigenvalue weighted by Crippen LogP contribution is 2.30. The van der Waals surface area contributed by atoms with Crippen LogP contribution in [0.15, 0.2) is 46.3 Å². The second kappa shape index (κ2) is 6.96. The molecule has 0 aliphatic heterocycles. The van der Waals surface area contributed by atoms with E-state index in [1.165, 1.54) is 0 Å². The first-order valence-corrected chi connectivity index (χ1v) is 9.44. The molecule has 136 valence electrons. The quantitative estimate of drug-likeness (QED) is 0.455. The van der Waals surface area contributed by atoms with Crippen molar-refractivity contribution in [2.24, 2.45) is 0 Å². The van der Waals surface area contributed by atoms with Crippen molar-refractivity contribution < 1.29 is 14.1 Å². The standard InChI is InChI=1S/C21H18N2O3S/c1-12-7-13(2)9-15(8-12)11-25-21(24)16-10-17(18-5-4-6-27-18)22-20-19(16)14(3)23-26-20/h4-10H,11H2,1-3H3. The van der Waals surface area contributed by atoms with Crippen molar-refractivity contribution in [2.75, 3.05) is 0 Å². The Morgan fingerprint density at radius 2 is 1.93 bits per heavy atom. The van der Waals surface area contributed by atoms with Crippen LogP contribution in [0.3, 0.4) is 0 Å². The number of benzene rings is 1. The van der Waals surface area contributed by atoms with Gasteiger partial charge in [0.25, 0.3) is 5.71 Å². The molecular weight excluding hydrogens is 360 g/mol. The predicted molar refractivity (Wildman–Crippen MR) is 105 cm³/mol. The molecule has 0 saturated heterocycles. The summed E-state index contributed by atoms with van der Waals surface area (Å²) < 4.78 is 10.9. The molecule has 5 nitrogen and oxygen atoms in total. The van der Waals surface area contributed by atoms with E-state index in [1.807, 2.05) is 43.5 Å². The summed E-state index contributed by atoms with van der Waals surface area (Å²) in [5.74, 6) is -0.411. The van der Waals surface area contributed by atoms with Crippen molar-refractivity contribution in [3.63, 3.8) is 0 Å². The third-order valence-electron chi connectivity index (χ3n) is 4.26. The van der Waals surface area contributed by atoms with Crippen LogP contribution >= 0.6 is 11.3 Å². The van der Waals surface area contributed by atoms with Gasteiger partial charge in [-0.3, -0.25) is 0 Å². The first-order chi connectivity index (χ1) is 13.0. The third kappa shape index (κ3) is 3.48. The number of thiophene rings is 1. The first kappa shape index (κ1) is 17.4. The fourth-order valence-corrected chi connectivity index (χ4v) is 3.87. The van der Waals surface area contributed by atoms with Gasteiger partial charge >= 0.3 is 5.97 Å². The van der Waals surface area contributed by atoms with E-state index in [0.717, 1.165) is 21.6 Å². The van der Waals surface area contributed by atoms with Crippen LogP contribution in [0.1, 0.15) is 32.7 Å². The maximum Gasteiger partial charge on any atom is 0.339 e. The normalized spacial score (nSPS) is 11.1. The zero-order valence-electron chi connectivity index (χ0n) is 15.3. The van der Waals surface area contributed by atoms with Crippen molar-refractivity contribution in [1.82, 2.24) is 10.1 Å². The van der Waals surface area contributed by atoms with Gasteiger partial charge in [0.2, 0.25) is 0 Å². The summed E-state index contributed by atoms with van der Waals surface area (Å²) in [6, 6.07) is 11.8. The Bertz CT molecular complexity index is 1110. The third-order valence-corrected chi connectivity index (χ3v) is 5.15. The van der Waals surface area contributed by atoms with Crippen LogP contribution in [0.2, 0.25) is 0 Å². The highest BCUT2D eigenvalue weighted by Gasteiger charge is 2.20. The minimum absolute atomic E-state index is 0.212. The van der Waals surface area contributed by atoms with Crippen LogP contribution in [0.25, 0.3) is 21.7 Å². The zero-order chi connectivity index (χ0) is 19.0. The molecule has 6 heteroatoms. The topological polar surface area (TPSA) is 65.2 Å². The number of pyridine rings is 1. The molecule has 0 fully saturated rings. The molecule has 0 atom stereocenters. The van der Waals surface area contributed by atoms with Crippen LogP contribution in [-0.4, -0.2) is 16.1 Å². The number of aryl methyl sites for hydroxylation is 3. The van der Waals surface area contributed by atoms with Gasteiger partial charge in [-0.2, -0.15) is 0 Å². The number of rotatable bonds is 4.